The number of ether oxygens (including phenoxy) is 1. The van der Waals surface area contributed by atoms with E-state index in [1.54, 1.807) is 24.3 Å². The number of aliphatic hydroxyl groups is 1. The maximum absolute atomic E-state index is 12.0. The number of aliphatic hydroxyl groups excluding tert-OH is 1. The number of carboxylic acid groups (broad SMARTS) is 1. The van der Waals surface area contributed by atoms with Gasteiger partial charge in [0.05, 0.1) is 12.7 Å². The number of aliphatic carboxylic acids is 1. The molecule has 22 heavy (non-hydrogen) atoms. The summed E-state index contributed by atoms with van der Waals surface area (Å²) in [6, 6.07) is 5.80. The zero-order chi connectivity index (χ0) is 16.5. The highest BCUT2D eigenvalue weighted by atomic mass is 16.5. The third-order valence-electron chi connectivity index (χ3n) is 3.11. The molecule has 0 heterocycles. The average Bonchev–Trinajstić information content (AvgIpc) is 2.49. The van der Waals surface area contributed by atoms with Crippen molar-refractivity contribution in [2.75, 3.05) is 13.2 Å². The fourth-order valence-electron chi connectivity index (χ4n) is 1.91. The lowest BCUT2D eigenvalue weighted by Crippen LogP contribution is -2.45. The van der Waals surface area contributed by atoms with Crippen molar-refractivity contribution in [1.82, 2.24) is 5.32 Å². The Morgan fingerprint density at radius 1 is 1.27 bits per heavy atom. The van der Waals surface area contributed by atoms with Gasteiger partial charge in [-0.25, -0.2) is 0 Å². The number of hydrogen-bond donors (Lipinski definition) is 3. The summed E-state index contributed by atoms with van der Waals surface area (Å²) in [5.41, 5.74) is 0.551. The Morgan fingerprint density at radius 2 is 1.91 bits per heavy atom. The van der Waals surface area contributed by atoms with Gasteiger partial charge in [-0.3, -0.25) is 9.59 Å². The van der Waals surface area contributed by atoms with Gasteiger partial charge in [-0.05, 0) is 37.6 Å². The molecule has 0 aliphatic rings. The van der Waals surface area contributed by atoms with Crippen LogP contribution in [0.3, 0.4) is 0 Å². The molecule has 0 amide bonds. The number of carbonyl (C=O) groups is 2. The normalized spacial score (nSPS) is 13.4. The van der Waals surface area contributed by atoms with Crippen molar-refractivity contribution in [1.29, 1.82) is 0 Å². The van der Waals surface area contributed by atoms with Gasteiger partial charge < -0.3 is 20.3 Å². The first-order valence-electron chi connectivity index (χ1n) is 7.36. The molecule has 122 valence electrons. The highest BCUT2D eigenvalue weighted by Crippen LogP contribution is 2.13. The Kier molecular flexibility index (Phi) is 7.56. The van der Waals surface area contributed by atoms with Crippen LogP contribution < -0.4 is 10.1 Å². The lowest BCUT2D eigenvalue weighted by molar-refractivity contribution is -0.142. The van der Waals surface area contributed by atoms with Crippen LogP contribution in [0.2, 0.25) is 0 Å². The SMILES string of the molecule is CCCOc1ccc(C(=O)CCN[C@H](C(=O)O)[C@@H](C)O)cc1. The highest BCUT2D eigenvalue weighted by molar-refractivity contribution is 5.96. The number of Topliss-reactive ketones (excluding diaryl/α,β-unsaturated/α-hetero) is 1. The van der Waals surface area contributed by atoms with E-state index >= 15 is 0 Å². The summed E-state index contributed by atoms with van der Waals surface area (Å²) < 4.78 is 5.44. The van der Waals surface area contributed by atoms with E-state index in [9.17, 15) is 14.7 Å². The van der Waals surface area contributed by atoms with Gasteiger partial charge in [-0.1, -0.05) is 6.92 Å². The Labute approximate surface area is 130 Å². The second-order valence-corrected chi connectivity index (χ2v) is 5.06. The van der Waals surface area contributed by atoms with Crippen molar-refractivity contribution >= 4 is 11.8 Å². The summed E-state index contributed by atoms with van der Waals surface area (Å²) in [4.78, 5) is 22.9. The minimum Gasteiger partial charge on any atom is -0.494 e. The predicted octanol–water partition coefficient (Wildman–Crippen LogP) is 1.47. The topological polar surface area (TPSA) is 95.9 Å². The molecule has 0 aliphatic heterocycles. The summed E-state index contributed by atoms with van der Waals surface area (Å²) in [6.45, 7) is 4.23. The minimum absolute atomic E-state index is 0.0933. The summed E-state index contributed by atoms with van der Waals surface area (Å²) in [6.07, 6.45) is 0.0501. The number of carboxylic acids is 1. The van der Waals surface area contributed by atoms with Crippen LogP contribution in [0, 0.1) is 0 Å². The lowest BCUT2D eigenvalue weighted by Gasteiger charge is -2.16. The minimum atomic E-state index is -1.14. The fourth-order valence-corrected chi connectivity index (χ4v) is 1.91. The van der Waals surface area contributed by atoms with Gasteiger partial charge in [0.1, 0.15) is 11.8 Å². The van der Waals surface area contributed by atoms with E-state index < -0.39 is 18.1 Å². The second kappa shape index (κ2) is 9.17. The van der Waals surface area contributed by atoms with E-state index in [4.69, 9.17) is 9.84 Å². The van der Waals surface area contributed by atoms with Crippen LogP contribution in [0.15, 0.2) is 24.3 Å². The van der Waals surface area contributed by atoms with Crippen molar-refractivity contribution in [2.24, 2.45) is 0 Å². The summed E-state index contributed by atoms with van der Waals surface area (Å²) in [7, 11) is 0. The Bertz CT molecular complexity index is 484. The molecule has 1 rings (SSSR count). The number of rotatable bonds is 10. The zero-order valence-electron chi connectivity index (χ0n) is 12.9. The van der Waals surface area contributed by atoms with E-state index in [1.807, 2.05) is 6.92 Å². The standard InChI is InChI=1S/C16H23NO5/c1-3-10-22-13-6-4-12(5-7-13)14(19)8-9-17-15(11(2)18)16(20)21/h4-7,11,15,17-18H,3,8-10H2,1-2H3,(H,20,21)/t11-,15+/m1/s1. The maximum Gasteiger partial charge on any atom is 0.323 e. The maximum atomic E-state index is 12.0. The number of ketones is 1. The van der Waals surface area contributed by atoms with Crippen LogP contribution >= 0.6 is 0 Å². The summed E-state index contributed by atoms with van der Waals surface area (Å²) >= 11 is 0. The molecule has 0 fully saturated rings. The smallest absolute Gasteiger partial charge is 0.323 e. The molecule has 0 saturated carbocycles. The van der Waals surface area contributed by atoms with E-state index in [0.29, 0.717) is 12.2 Å². The van der Waals surface area contributed by atoms with Crippen LogP contribution in [0.1, 0.15) is 37.0 Å². The van der Waals surface area contributed by atoms with Crippen LogP contribution in [-0.2, 0) is 4.79 Å². The number of carbonyl (C=O) groups excluding carboxylic acids is 1. The van der Waals surface area contributed by atoms with Crippen LogP contribution in [0.5, 0.6) is 5.75 Å². The molecule has 1 aromatic carbocycles. The molecule has 3 N–H and O–H groups in total. The molecule has 0 unspecified atom stereocenters. The van der Waals surface area contributed by atoms with Gasteiger partial charge in [0.15, 0.2) is 5.78 Å². The van der Waals surface area contributed by atoms with Gasteiger partial charge in [-0.2, -0.15) is 0 Å². The lowest BCUT2D eigenvalue weighted by atomic mass is 10.1. The molecule has 0 aromatic heterocycles. The number of benzene rings is 1. The Balaban J connectivity index is 2.46. The molecule has 1 aromatic rings. The van der Waals surface area contributed by atoms with Crippen LogP contribution in [0.4, 0.5) is 0 Å². The first-order valence-corrected chi connectivity index (χ1v) is 7.36. The monoisotopic (exact) mass is 309 g/mol. The summed E-state index contributed by atoms with van der Waals surface area (Å²) in [5.74, 6) is -0.513. The highest BCUT2D eigenvalue weighted by Gasteiger charge is 2.22. The molecule has 0 bridgehead atoms. The van der Waals surface area contributed by atoms with Gasteiger partial charge >= 0.3 is 5.97 Å². The Hall–Kier alpha value is -1.92. The number of hydrogen-bond acceptors (Lipinski definition) is 5. The van der Waals surface area contributed by atoms with Crippen molar-refractivity contribution in [2.45, 2.75) is 38.8 Å². The third kappa shape index (κ3) is 5.83. The second-order valence-electron chi connectivity index (χ2n) is 5.06. The zero-order valence-corrected chi connectivity index (χ0v) is 12.9. The summed E-state index contributed by atoms with van der Waals surface area (Å²) in [5, 5.41) is 20.9. The predicted molar refractivity (Wildman–Crippen MR) is 82.3 cm³/mol. The van der Waals surface area contributed by atoms with E-state index in [2.05, 4.69) is 5.32 Å². The molecule has 0 spiro atoms. The van der Waals surface area contributed by atoms with Gasteiger partial charge in [0.25, 0.3) is 0 Å². The van der Waals surface area contributed by atoms with Crippen LogP contribution in [0.25, 0.3) is 0 Å². The molecule has 0 saturated heterocycles. The van der Waals surface area contributed by atoms with Gasteiger partial charge in [-0.15, -0.1) is 0 Å². The van der Waals surface area contributed by atoms with E-state index in [1.165, 1.54) is 6.92 Å². The molecule has 0 radical (unpaired) electrons. The molecule has 6 heteroatoms. The van der Waals surface area contributed by atoms with E-state index in [-0.39, 0.29) is 18.7 Å². The first kappa shape index (κ1) is 18.1. The quantitative estimate of drug-likeness (QED) is 0.566. The molecule has 6 nitrogen and oxygen atoms in total. The van der Waals surface area contributed by atoms with Crippen LogP contribution in [-0.4, -0.2) is 47.3 Å². The van der Waals surface area contributed by atoms with E-state index in [0.717, 1.165) is 12.2 Å². The Morgan fingerprint density at radius 3 is 2.41 bits per heavy atom. The molecular weight excluding hydrogens is 286 g/mol. The molecule has 2 atom stereocenters. The number of nitrogens with one attached hydrogen (secondary N) is 1. The van der Waals surface area contributed by atoms with Crippen molar-refractivity contribution in [3.63, 3.8) is 0 Å². The van der Waals surface area contributed by atoms with Crippen molar-refractivity contribution in [3.8, 4) is 5.75 Å². The van der Waals surface area contributed by atoms with Gasteiger partial charge in [0.2, 0.25) is 0 Å². The van der Waals surface area contributed by atoms with Crippen molar-refractivity contribution in [3.05, 3.63) is 29.8 Å². The van der Waals surface area contributed by atoms with Crippen molar-refractivity contribution < 1.29 is 24.5 Å². The van der Waals surface area contributed by atoms with Gasteiger partial charge in [0, 0.05) is 18.5 Å². The average molecular weight is 309 g/mol. The molecular formula is C16H23NO5. The largest absolute Gasteiger partial charge is 0.494 e. The molecule has 0 aliphatic carbocycles. The fraction of sp³-hybridized carbons (Fsp3) is 0.500. The first-order chi connectivity index (χ1) is 10.5. The third-order valence-corrected chi connectivity index (χ3v) is 3.11.